The maximum absolute atomic E-state index is 4.61. The van der Waals surface area contributed by atoms with Gasteiger partial charge in [0.1, 0.15) is 0 Å². The third kappa shape index (κ3) is 3.63. The molecule has 2 N–H and O–H groups in total. The summed E-state index contributed by atoms with van der Waals surface area (Å²) in [6, 6.07) is 9.25. The van der Waals surface area contributed by atoms with Crippen molar-refractivity contribution in [1.29, 1.82) is 0 Å². The van der Waals surface area contributed by atoms with Crippen LogP contribution in [-0.4, -0.2) is 0 Å². The van der Waals surface area contributed by atoms with E-state index in [0.717, 1.165) is 0 Å². The van der Waals surface area contributed by atoms with Gasteiger partial charge in [0.05, 0.1) is 0 Å². The van der Waals surface area contributed by atoms with Crippen LogP contribution in [0.4, 0.5) is 0 Å². The lowest BCUT2D eigenvalue weighted by Crippen LogP contribution is -2.21. The Morgan fingerprint density at radius 2 is 1.72 bits per heavy atom. The van der Waals surface area contributed by atoms with Crippen LogP contribution in [0.3, 0.4) is 0 Å². The molecule has 1 fully saturated rings. The molecule has 0 heterocycles. The van der Waals surface area contributed by atoms with Gasteiger partial charge in [-0.3, -0.25) is 0 Å². The first-order valence-electron chi connectivity index (χ1n) is 7.08. The van der Waals surface area contributed by atoms with Crippen LogP contribution >= 0.6 is 0 Å². The molecule has 0 bridgehead atoms. The number of hydrogen-bond acceptors (Lipinski definition) is 1. The summed E-state index contributed by atoms with van der Waals surface area (Å²) in [6.07, 6.45) is 9.60. The lowest BCUT2D eigenvalue weighted by Gasteiger charge is -2.29. The fourth-order valence-corrected chi connectivity index (χ4v) is 3.12. The van der Waals surface area contributed by atoms with Crippen molar-refractivity contribution in [2.24, 2.45) is 5.73 Å². The summed E-state index contributed by atoms with van der Waals surface area (Å²) in [6.45, 7) is 7.62. The van der Waals surface area contributed by atoms with Gasteiger partial charge in [-0.1, -0.05) is 62.6 Å². The first-order valence-corrected chi connectivity index (χ1v) is 7.08. The molecule has 100 valence electrons. The number of nitrogens with two attached hydrogens (primary N) is 1. The molecule has 2 rings (SSSR count). The smallest absolute Gasteiger partial charge is 0.00471 e. The van der Waals surface area contributed by atoms with Crippen LogP contribution in [0, 0.1) is 6.92 Å². The van der Waals surface area contributed by atoms with Gasteiger partial charge in [-0.25, -0.2) is 0 Å². The quantitative estimate of drug-likeness (QED) is 0.821. The van der Waals surface area contributed by atoms with E-state index >= 15 is 0 Å². The average molecular weight is 245 g/mol. The minimum atomic E-state index is 0.530. The predicted octanol–water partition coefficient (Wildman–Crippen LogP) is 4.70. The lowest BCUT2D eigenvalue weighted by atomic mass is 9.75. The maximum atomic E-state index is 4.61. The van der Waals surface area contributed by atoms with Crippen LogP contribution in [0.5, 0.6) is 0 Å². The molecule has 1 aromatic carbocycles. The highest BCUT2D eigenvalue weighted by atomic mass is 14.5. The molecule has 1 nitrogen and oxygen atoms in total. The van der Waals surface area contributed by atoms with Gasteiger partial charge in [0.15, 0.2) is 0 Å². The average Bonchev–Trinajstić information content (AvgIpc) is 2.81. The molecule has 1 heteroatoms. The highest BCUT2D eigenvalue weighted by Crippen LogP contribution is 2.44. The van der Waals surface area contributed by atoms with Crippen molar-refractivity contribution in [2.75, 3.05) is 0 Å². The summed E-state index contributed by atoms with van der Waals surface area (Å²) >= 11 is 0. The molecule has 0 aromatic heterocycles. The van der Waals surface area contributed by atoms with Gasteiger partial charge in [-0.2, -0.15) is 0 Å². The summed E-state index contributed by atoms with van der Waals surface area (Å²) in [4.78, 5) is 0. The molecule has 0 aliphatic heterocycles. The monoisotopic (exact) mass is 245 g/mol. The lowest BCUT2D eigenvalue weighted by molar-refractivity contribution is 0.401. The molecule has 1 aliphatic carbocycles. The minimum Gasteiger partial charge on any atom is -0.405 e. The molecule has 0 saturated heterocycles. The number of benzene rings is 1. The highest BCUT2D eigenvalue weighted by Gasteiger charge is 2.34. The van der Waals surface area contributed by atoms with Crippen molar-refractivity contribution in [3.05, 3.63) is 48.2 Å². The van der Waals surface area contributed by atoms with E-state index in [0.29, 0.717) is 5.41 Å². The normalized spacial score (nSPS) is 16.8. The van der Waals surface area contributed by atoms with E-state index < -0.39 is 0 Å². The van der Waals surface area contributed by atoms with Crippen molar-refractivity contribution < 1.29 is 0 Å². The molecule has 0 unspecified atom stereocenters. The Balaban J connectivity index is 0.000000492. The van der Waals surface area contributed by atoms with Crippen LogP contribution in [0.2, 0.25) is 0 Å². The van der Waals surface area contributed by atoms with Crippen LogP contribution < -0.4 is 5.73 Å². The Bertz CT molecular complexity index is 344. The number of aryl methyl sites for hydroxylation is 1. The predicted molar refractivity (Wildman–Crippen MR) is 80.6 cm³/mol. The standard InChI is InChI=1S/C15H22.C2H5N/c1-3-10-15(11-4-5-12-15)14-8-6-13(2)7-9-14;1-2-3/h6-9H,3-5,10-12H2,1-2H3;2H,1,3H2. The maximum Gasteiger partial charge on any atom is -0.00471 e. The number of rotatable bonds is 3. The topological polar surface area (TPSA) is 26.0 Å². The molecule has 1 aliphatic rings. The van der Waals surface area contributed by atoms with E-state index in [-0.39, 0.29) is 0 Å². The Morgan fingerprint density at radius 1 is 1.22 bits per heavy atom. The molecular formula is C17H27N. The van der Waals surface area contributed by atoms with Crippen LogP contribution in [0.15, 0.2) is 37.0 Å². The Morgan fingerprint density at radius 3 is 2.17 bits per heavy atom. The van der Waals surface area contributed by atoms with Gasteiger partial charge in [-0.05, 0) is 43.4 Å². The highest BCUT2D eigenvalue weighted by molar-refractivity contribution is 5.29. The van der Waals surface area contributed by atoms with Crippen LogP contribution in [0.1, 0.15) is 56.6 Å². The number of hydrogen-bond donors (Lipinski definition) is 1. The Kier molecular flexibility index (Phi) is 5.97. The third-order valence-electron chi connectivity index (χ3n) is 3.95. The Labute approximate surface area is 112 Å². The molecule has 0 radical (unpaired) electrons. The van der Waals surface area contributed by atoms with E-state index in [1.807, 2.05) is 0 Å². The zero-order valence-electron chi connectivity index (χ0n) is 11.9. The van der Waals surface area contributed by atoms with Crippen molar-refractivity contribution in [3.63, 3.8) is 0 Å². The first kappa shape index (κ1) is 14.8. The van der Waals surface area contributed by atoms with Gasteiger partial charge >= 0.3 is 0 Å². The first-order chi connectivity index (χ1) is 8.68. The van der Waals surface area contributed by atoms with Crippen molar-refractivity contribution in [3.8, 4) is 0 Å². The van der Waals surface area contributed by atoms with Crippen molar-refractivity contribution in [2.45, 2.75) is 57.8 Å². The van der Waals surface area contributed by atoms with E-state index in [4.69, 9.17) is 0 Å². The second-order valence-electron chi connectivity index (χ2n) is 5.34. The van der Waals surface area contributed by atoms with Crippen molar-refractivity contribution >= 4 is 0 Å². The van der Waals surface area contributed by atoms with Crippen LogP contribution in [-0.2, 0) is 5.41 Å². The zero-order chi connectivity index (χ0) is 13.4. The van der Waals surface area contributed by atoms with Gasteiger partial charge < -0.3 is 5.73 Å². The Hall–Kier alpha value is -1.24. The van der Waals surface area contributed by atoms with E-state index in [1.54, 1.807) is 5.56 Å². The summed E-state index contributed by atoms with van der Waals surface area (Å²) in [7, 11) is 0. The van der Waals surface area contributed by atoms with Crippen LogP contribution in [0.25, 0.3) is 0 Å². The summed E-state index contributed by atoms with van der Waals surface area (Å²) in [5, 5.41) is 0. The second-order valence-corrected chi connectivity index (χ2v) is 5.34. The summed E-state index contributed by atoms with van der Waals surface area (Å²) in [5.41, 5.74) is 8.11. The summed E-state index contributed by atoms with van der Waals surface area (Å²) < 4.78 is 0. The fraction of sp³-hybridized carbons (Fsp3) is 0.529. The second kappa shape index (κ2) is 7.25. The largest absolute Gasteiger partial charge is 0.405 e. The molecule has 0 amide bonds. The SMILES string of the molecule is C=CN.CCCC1(c2ccc(C)cc2)CCCC1. The molecule has 1 aromatic rings. The van der Waals surface area contributed by atoms with Crippen molar-refractivity contribution in [1.82, 2.24) is 0 Å². The molecular weight excluding hydrogens is 218 g/mol. The zero-order valence-corrected chi connectivity index (χ0v) is 11.9. The molecule has 0 atom stereocenters. The molecule has 18 heavy (non-hydrogen) atoms. The van der Waals surface area contributed by atoms with Gasteiger partial charge in [-0.15, -0.1) is 0 Å². The van der Waals surface area contributed by atoms with Gasteiger partial charge in [0, 0.05) is 0 Å². The fourth-order valence-electron chi connectivity index (χ4n) is 3.12. The van der Waals surface area contributed by atoms with E-state index in [9.17, 15) is 0 Å². The van der Waals surface area contributed by atoms with E-state index in [1.165, 1.54) is 50.3 Å². The van der Waals surface area contributed by atoms with Gasteiger partial charge in [0.25, 0.3) is 0 Å². The minimum absolute atomic E-state index is 0.530. The van der Waals surface area contributed by atoms with E-state index in [2.05, 4.69) is 50.4 Å². The third-order valence-corrected chi connectivity index (χ3v) is 3.95. The molecule has 1 saturated carbocycles. The van der Waals surface area contributed by atoms with Gasteiger partial charge in [0.2, 0.25) is 0 Å². The summed E-state index contributed by atoms with van der Waals surface area (Å²) in [5.74, 6) is 0. The molecule has 0 spiro atoms.